The van der Waals surface area contributed by atoms with Gasteiger partial charge in [-0.15, -0.1) is 11.3 Å². The van der Waals surface area contributed by atoms with E-state index >= 15 is 0 Å². The maximum Gasteiger partial charge on any atom is 0.268 e. The van der Waals surface area contributed by atoms with Crippen LogP contribution >= 0.6 is 34.5 Å². The molecule has 20 heavy (non-hydrogen) atoms. The van der Waals surface area contributed by atoms with E-state index in [0.717, 1.165) is 10.4 Å². The van der Waals surface area contributed by atoms with Crippen LogP contribution in [0, 0.1) is 0 Å². The van der Waals surface area contributed by atoms with E-state index in [1.165, 1.54) is 11.3 Å². The quantitative estimate of drug-likeness (QED) is 0.780. The molecular weight excluding hydrogens is 317 g/mol. The van der Waals surface area contributed by atoms with Gasteiger partial charge in [0.05, 0.1) is 19.9 Å². The van der Waals surface area contributed by atoms with Gasteiger partial charge in [-0.1, -0.05) is 34.4 Å². The number of aromatic nitrogens is 2. The fourth-order valence-electron chi connectivity index (χ4n) is 1.73. The van der Waals surface area contributed by atoms with Crippen LogP contribution in [0.4, 0.5) is 5.00 Å². The lowest BCUT2D eigenvalue weighted by Gasteiger charge is -1.99. The third-order valence-corrected chi connectivity index (χ3v) is 4.29. The van der Waals surface area contributed by atoms with Crippen molar-refractivity contribution in [2.24, 2.45) is 0 Å². The Hall–Kier alpha value is -1.56. The van der Waals surface area contributed by atoms with E-state index < -0.39 is 0 Å². The number of halogens is 2. The van der Waals surface area contributed by atoms with E-state index in [1.54, 1.807) is 12.1 Å². The molecule has 3 aromatic rings. The van der Waals surface area contributed by atoms with E-state index in [2.05, 4.69) is 10.1 Å². The van der Waals surface area contributed by atoms with Gasteiger partial charge in [0.25, 0.3) is 5.89 Å². The van der Waals surface area contributed by atoms with Crippen molar-refractivity contribution < 1.29 is 4.52 Å². The van der Waals surface area contributed by atoms with Crippen molar-refractivity contribution in [3.8, 4) is 10.8 Å². The molecule has 2 N–H and O–H groups in total. The first-order valence-electron chi connectivity index (χ1n) is 5.74. The molecule has 1 aromatic carbocycles. The zero-order valence-corrected chi connectivity index (χ0v) is 12.5. The second-order valence-electron chi connectivity index (χ2n) is 4.14. The van der Waals surface area contributed by atoms with Gasteiger partial charge in [-0.25, -0.2) is 0 Å². The number of nitrogens with zero attached hydrogens (tertiary/aromatic N) is 2. The summed E-state index contributed by atoms with van der Waals surface area (Å²) < 4.78 is 5.22. The molecule has 0 aliphatic heterocycles. The molecule has 0 spiro atoms. The Balaban J connectivity index is 1.82. The highest BCUT2D eigenvalue weighted by molar-refractivity contribution is 7.19. The van der Waals surface area contributed by atoms with Crippen LogP contribution < -0.4 is 5.73 Å². The topological polar surface area (TPSA) is 64.9 Å². The Morgan fingerprint density at radius 2 is 2.00 bits per heavy atom. The van der Waals surface area contributed by atoms with Gasteiger partial charge in [0.2, 0.25) is 0 Å². The molecule has 0 saturated carbocycles. The van der Waals surface area contributed by atoms with Crippen LogP contribution in [0.15, 0.2) is 34.9 Å². The van der Waals surface area contributed by atoms with Crippen LogP contribution in [-0.2, 0) is 6.42 Å². The summed E-state index contributed by atoms with van der Waals surface area (Å²) in [5.74, 6) is 1.06. The lowest BCUT2D eigenvalue weighted by Crippen LogP contribution is -1.90. The van der Waals surface area contributed by atoms with Crippen molar-refractivity contribution in [3.05, 3.63) is 51.8 Å². The molecule has 2 aromatic heterocycles. The number of rotatable bonds is 3. The zero-order valence-electron chi connectivity index (χ0n) is 10.1. The molecule has 0 radical (unpaired) electrons. The minimum Gasteiger partial charge on any atom is -0.391 e. The third-order valence-electron chi connectivity index (χ3n) is 2.65. The summed E-state index contributed by atoms with van der Waals surface area (Å²) in [7, 11) is 0. The second-order valence-corrected chi connectivity index (χ2v) is 6.07. The first-order valence-corrected chi connectivity index (χ1v) is 7.31. The third kappa shape index (κ3) is 2.80. The highest BCUT2D eigenvalue weighted by atomic mass is 35.5. The van der Waals surface area contributed by atoms with Crippen molar-refractivity contribution in [1.82, 2.24) is 10.1 Å². The fraction of sp³-hybridized carbons (Fsp3) is 0.0769. The van der Waals surface area contributed by atoms with Crippen LogP contribution in [-0.4, -0.2) is 10.1 Å². The van der Waals surface area contributed by atoms with Crippen molar-refractivity contribution in [1.29, 1.82) is 0 Å². The number of benzene rings is 1. The SMILES string of the molecule is Nc1ccc(-c2nc(Cc3ccc(Cl)c(Cl)c3)no2)s1. The molecule has 0 fully saturated rings. The summed E-state index contributed by atoms with van der Waals surface area (Å²) in [6.45, 7) is 0. The first kappa shape index (κ1) is 13.4. The Kier molecular flexibility index (Phi) is 3.65. The Morgan fingerprint density at radius 1 is 1.15 bits per heavy atom. The summed E-state index contributed by atoms with van der Waals surface area (Å²) in [4.78, 5) is 5.20. The number of hydrogen-bond donors (Lipinski definition) is 1. The molecular formula is C13H9Cl2N3OS. The number of nitrogen functional groups attached to an aromatic ring is 1. The molecule has 0 aliphatic carbocycles. The van der Waals surface area contributed by atoms with Gasteiger partial charge in [0.15, 0.2) is 5.82 Å². The predicted octanol–water partition coefficient (Wildman–Crippen LogP) is 4.28. The average Bonchev–Trinajstić information content (AvgIpc) is 3.03. The molecule has 3 rings (SSSR count). The van der Waals surface area contributed by atoms with Crippen molar-refractivity contribution in [3.63, 3.8) is 0 Å². The summed E-state index contributed by atoms with van der Waals surface area (Å²) in [6, 6.07) is 9.09. The predicted molar refractivity (Wildman–Crippen MR) is 81.3 cm³/mol. The lowest BCUT2D eigenvalue weighted by molar-refractivity contribution is 0.425. The Bertz CT molecular complexity index is 754. The second kappa shape index (κ2) is 5.44. The van der Waals surface area contributed by atoms with E-state index in [1.807, 2.05) is 18.2 Å². The summed E-state index contributed by atoms with van der Waals surface area (Å²) >= 11 is 13.3. The van der Waals surface area contributed by atoms with Crippen LogP contribution in [0.3, 0.4) is 0 Å². The molecule has 0 bridgehead atoms. The highest BCUT2D eigenvalue weighted by Crippen LogP contribution is 2.28. The molecule has 7 heteroatoms. The number of thiophene rings is 1. The molecule has 0 aliphatic rings. The van der Waals surface area contributed by atoms with Crippen LogP contribution in [0.25, 0.3) is 10.8 Å². The first-order chi connectivity index (χ1) is 9.61. The number of hydrogen-bond acceptors (Lipinski definition) is 5. The summed E-state index contributed by atoms with van der Waals surface area (Å²) in [6.07, 6.45) is 0.529. The monoisotopic (exact) mass is 325 g/mol. The molecule has 0 unspecified atom stereocenters. The van der Waals surface area contributed by atoms with Crippen LogP contribution in [0.2, 0.25) is 10.0 Å². The van der Waals surface area contributed by atoms with Gasteiger partial charge in [0.1, 0.15) is 0 Å². The Labute approximate surface area is 129 Å². The number of nitrogens with two attached hydrogens (primary N) is 1. The standard InChI is InChI=1S/C13H9Cl2N3OS/c14-8-2-1-7(5-9(8)15)6-12-17-13(19-18-12)10-3-4-11(16)20-10/h1-5H,6,16H2. The summed E-state index contributed by atoms with van der Waals surface area (Å²) in [5.41, 5.74) is 6.65. The number of anilines is 1. The highest BCUT2D eigenvalue weighted by Gasteiger charge is 2.11. The Morgan fingerprint density at radius 3 is 2.70 bits per heavy atom. The van der Waals surface area contributed by atoms with E-state index in [4.69, 9.17) is 33.5 Å². The molecule has 2 heterocycles. The van der Waals surface area contributed by atoms with E-state index in [-0.39, 0.29) is 0 Å². The van der Waals surface area contributed by atoms with Gasteiger partial charge in [-0.3, -0.25) is 0 Å². The van der Waals surface area contributed by atoms with Gasteiger partial charge in [0, 0.05) is 6.42 Å². The molecule has 0 saturated heterocycles. The average molecular weight is 326 g/mol. The molecule has 102 valence electrons. The van der Waals surface area contributed by atoms with Crippen LogP contribution in [0.1, 0.15) is 11.4 Å². The summed E-state index contributed by atoms with van der Waals surface area (Å²) in [5, 5.41) is 5.70. The smallest absolute Gasteiger partial charge is 0.268 e. The lowest BCUT2D eigenvalue weighted by atomic mass is 10.1. The van der Waals surface area contributed by atoms with Crippen molar-refractivity contribution >= 4 is 39.5 Å². The van der Waals surface area contributed by atoms with Crippen molar-refractivity contribution in [2.45, 2.75) is 6.42 Å². The normalized spacial score (nSPS) is 10.9. The molecule has 0 atom stereocenters. The zero-order chi connectivity index (χ0) is 14.1. The van der Waals surface area contributed by atoms with Crippen LogP contribution in [0.5, 0.6) is 0 Å². The minimum absolute atomic E-state index is 0.474. The minimum atomic E-state index is 0.474. The largest absolute Gasteiger partial charge is 0.391 e. The van der Waals surface area contributed by atoms with E-state index in [9.17, 15) is 0 Å². The molecule has 0 amide bonds. The van der Waals surface area contributed by atoms with Gasteiger partial charge in [-0.05, 0) is 29.8 Å². The van der Waals surface area contributed by atoms with Crippen molar-refractivity contribution in [2.75, 3.05) is 5.73 Å². The van der Waals surface area contributed by atoms with Gasteiger partial charge < -0.3 is 10.3 Å². The molecule has 4 nitrogen and oxygen atoms in total. The van der Waals surface area contributed by atoms with E-state index in [0.29, 0.717) is 33.2 Å². The van der Waals surface area contributed by atoms with Gasteiger partial charge >= 0.3 is 0 Å². The maximum atomic E-state index is 5.98. The van der Waals surface area contributed by atoms with Gasteiger partial charge in [-0.2, -0.15) is 4.98 Å². The fourth-order valence-corrected chi connectivity index (χ4v) is 2.74. The maximum absolute atomic E-state index is 5.98.